The van der Waals surface area contributed by atoms with Gasteiger partial charge in [0, 0.05) is 12.8 Å². The van der Waals surface area contributed by atoms with Crippen LogP contribution in [0.4, 0.5) is 0 Å². The van der Waals surface area contributed by atoms with Crippen LogP contribution in [0.3, 0.4) is 0 Å². The minimum absolute atomic E-state index is 0.00258. The molecular formula is C67H110O4. The molecule has 402 valence electrons. The van der Waals surface area contributed by atoms with Gasteiger partial charge in [0.25, 0.3) is 0 Å². The lowest BCUT2D eigenvalue weighted by molar-refractivity contribution is -0.154. The molecule has 6 fully saturated rings. The van der Waals surface area contributed by atoms with Crippen LogP contribution in [-0.2, 0) is 19.1 Å². The number of carbonyl (C=O) groups is 2. The van der Waals surface area contributed by atoms with Gasteiger partial charge in [0.05, 0.1) is 12.8 Å². The Bertz CT molecular complexity index is 1980. The summed E-state index contributed by atoms with van der Waals surface area (Å²) >= 11 is 0. The summed E-state index contributed by atoms with van der Waals surface area (Å²) in [6.07, 6.45) is 36.8. The van der Waals surface area contributed by atoms with E-state index in [0.717, 1.165) is 79.4 Å². The Morgan fingerprint density at radius 1 is 0.620 bits per heavy atom. The van der Waals surface area contributed by atoms with Crippen molar-refractivity contribution in [3.8, 4) is 0 Å². The predicted octanol–water partition coefficient (Wildman–Crippen LogP) is 18.7. The molecule has 4 heteroatoms. The number of allylic oxidation sites excluding steroid dienone is 6. The number of hydrogen-bond donors (Lipinski definition) is 0. The third-order valence-electron chi connectivity index (χ3n) is 22.2. The largest absolute Gasteiger partial charge is 0.462 e. The van der Waals surface area contributed by atoms with Crippen molar-refractivity contribution in [2.45, 2.75) is 258 Å². The van der Waals surface area contributed by atoms with Crippen molar-refractivity contribution in [2.24, 2.45) is 104 Å². The van der Waals surface area contributed by atoms with E-state index in [2.05, 4.69) is 148 Å². The molecule has 8 aliphatic carbocycles. The van der Waals surface area contributed by atoms with Crippen LogP contribution < -0.4 is 0 Å². The average molecular weight is 980 g/mol. The van der Waals surface area contributed by atoms with Crippen LogP contribution in [0.2, 0.25) is 0 Å². The molecular weight excluding hydrogens is 869 g/mol. The van der Waals surface area contributed by atoms with E-state index < -0.39 is 0 Å². The molecule has 0 aromatic heterocycles. The molecule has 0 bridgehead atoms. The normalized spacial score (nSPS) is 39.0. The second-order valence-corrected chi connectivity index (χ2v) is 30.4. The van der Waals surface area contributed by atoms with E-state index in [4.69, 9.17) is 9.47 Å². The van der Waals surface area contributed by atoms with Crippen LogP contribution in [0, 0.1) is 104 Å². The average Bonchev–Trinajstić information content (AvgIpc) is 3.81. The van der Waals surface area contributed by atoms with Crippen LogP contribution in [-0.4, -0.2) is 24.1 Å². The van der Waals surface area contributed by atoms with Crippen LogP contribution >= 0.6 is 0 Å². The van der Waals surface area contributed by atoms with Gasteiger partial charge in [-0.25, -0.2) is 0 Å². The van der Waals surface area contributed by atoms with Crippen LogP contribution in [0.25, 0.3) is 0 Å². The highest BCUT2D eigenvalue weighted by molar-refractivity contribution is 5.70. The van der Waals surface area contributed by atoms with Crippen molar-refractivity contribution < 1.29 is 19.1 Å². The third kappa shape index (κ3) is 12.3. The zero-order valence-corrected chi connectivity index (χ0v) is 49.2. The van der Waals surface area contributed by atoms with Crippen LogP contribution in [0.15, 0.2) is 47.1 Å². The first-order chi connectivity index (χ1) is 33.1. The summed E-state index contributed by atoms with van der Waals surface area (Å²) in [6.45, 7) is 39.9. The molecule has 16 atom stereocenters. The maximum atomic E-state index is 12.5. The van der Waals surface area contributed by atoms with E-state index in [0.29, 0.717) is 52.8 Å². The predicted molar refractivity (Wildman–Crippen MR) is 298 cm³/mol. The number of hydrogen-bond acceptors (Lipinski definition) is 4. The summed E-state index contributed by atoms with van der Waals surface area (Å²) in [4.78, 5) is 25.0. The number of rotatable bonds is 13. The smallest absolute Gasteiger partial charge is 0.306 e. The van der Waals surface area contributed by atoms with Gasteiger partial charge < -0.3 is 9.47 Å². The first-order valence-corrected chi connectivity index (χ1v) is 30.3. The zero-order chi connectivity index (χ0) is 52.1. The van der Waals surface area contributed by atoms with Crippen molar-refractivity contribution in [3.63, 3.8) is 0 Å². The van der Waals surface area contributed by atoms with Gasteiger partial charge in [0.15, 0.2) is 0 Å². The molecule has 71 heavy (non-hydrogen) atoms. The lowest BCUT2D eigenvalue weighted by atomic mass is 9.47. The van der Waals surface area contributed by atoms with E-state index >= 15 is 0 Å². The molecule has 8 aliphatic rings. The summed E-state index contributed by atoms with van der Waals surface area (Å²) in [5, 5.41) is 0. The molecule has 0 spiro atoms. The standard InChI is InChI=1S/C34H54O2.C33H56O2/c1-22(2)23(3)10-11-24(4)28-14-15-29-27-13-12-25-20-26(36-31(35)21-32(5,6)7)16-18-33(25,8)30(27)17-19-34(28,29)9;1-22(2)10-9-11-23(3)27-14-15-28-26-13-12-24-20-25(35-30(34)21-31(4,5)6)16-18-32(24,7)29(26)17-19-33(27,28)8/h10-13,22-24,26,28-30H,14-21H2,1-9H3;12,22-23,25-29H,9-11,13-21H2,1-8H3/b11-10+;/t23-,24+,26?,28?,29-,30-,33-,34+;23-,25?,26?,27?,28+,29+,32+,33-/m01/s1. The highest BCUT2D eigenvalue weighted by Gasteiger charge is 2.60. The highest BCUT2D eigenvalue weighted by Crippen LogP contribution is 2.69. The van der Waals surface area contributed by atoms with Gasteiger partial charge in [-0.2, -0.15) is 0 Å². The Morgan fingerprint density at radius 2 is 1.21 bits per heavy atom. The summed E-state index contributed by atoms with van der Waals surface area (Å²) in [5.74, 6) is 9.44. The number of esters is 2. The summed E-state index contributed by atoms with van der Waals surface area (Å²) in [5.41, 5.74) is 6.45. The molecule has 8 rings (SSSR count). The minimum atomic E-state index is -0.0277. The Balaban J connectivity index is 0.000000209. The Kier molecular flexibility index (Phi) is 17.4. The topological polar surface area (TPSA) is 52.6 Å². The summed E-state index contributed by atoms with van der Waals surface area (Å²) < 4.78 is 12.0. The summed E-state index contributed by atoms with van der Waals surface area (Å²) in [6, 6.07) is 0. The van der Waals surface area contributed by atoms with E-state index in [1.54, 1.807) is 11.1 Å². The van der Waals surface area contributed by atoms with Crippen molar-refractivity contribution in [3.05, 3.63) is 47.1 Å². The molecule has 0 N–H and O–H groups in total. The van der Waals surface area contributed by atoms with E-state index in [1.165, 1.54) is 89.0 Å². The lowest BCUT2D eigenvalue weighted by Gasteiger charge is -2.58. The monoisotopic (exact) mass is 979 g/mol. The number of ether oxygens (including phenoxy) is 2. The van der Waals surface area contributed by atoms with E-state index in [1.807, 2.05) is 0 Å². The Hall–Kier alpha value is -2.10. The zero-order valence-electron chi connectivity index (χ0n) is 49.2. The van der Waals surface area contributed by atoms with Gasteiger partial charge >= 0.3 is 11.9 Å². The quantitative estimate of drug-likeness (QED) is 0.136. The fourth-order valence-electron chi connectivity index (χ4n) is 17.8. The molecule has 0 aliphatic heterocycles. The number of fused-ring (bicyclic) bond motifs is 10. The molecule has 6 saturated carbocycles. The fraction of sp³-hybridized carbons (Fsp3) is 0.851. The van der Waals surface area contributed by atoms with Crippen LogP contribution in [0.5, 0.6) is 0 Å². The van der Waals surface area contributed by atoms with Crippen molar-refractivity contribution in [1.82, 2.24) is 0 Å². The van der Waals surface area contributed by atoms with Gasteiger partial charge in [-0.05, 0) is 187 Å². The molecule has 0 radical (unpaired) electrons. The SMILES string of the molecule is CC(C)CCC[C@@H](C)C1CC[C@H]2C3CC=C4CC(OC(=O)CC(C)(C)C)CC[C@]4(C)[C@H]3CC[C@]12C.CC(C)[C@@H](C)/C=C/[C@@H](C)C1CC[C@H]2C3=CC=C4CC(OC(=O)CC(C)(C)C)CC[C@]4(C)[C@H]3CC[C@]12C. The molecule has 0 aromatic carbocycles. The lowest BCUT2D eigenvalue weighted by Crippen LogP contribution is -2.51. The van der Waals surface area contributed by atoms with Crippen molar-refractivity contribution in [1.29, 1.82) is 0 Å². The van der Waals surface area contributed by atoms with Gasteiger partial charge in [0.2, 0.25) is 0 Å². The fourth-order valence-corrected chi connectivity index (χ4v) is 17.8. The van der Waals surface area contributed by atoms with Gasteiger partial charge in [-0.15, -0.1) is 0 Å². The third-order valence-corrected chi connectivity index (χ3v) is 22.2. The number of carbonyl (C=O) groups excluding carboxylic acids is 2. The molecule has 0 aromatic rings. The van der Waals surface area contributed by atoms with E-state index in [9.17, 15) is 9.59 Å². The second-order valence-electron chi connectivity index (χ2n) is 30.4. The Labute approximate surface area is 438 Å². The molecule has 4 nitrogen and oxygen atoms in total. The maximum absolute atomic E-state index is 12.5. The Morgan fingerprint density at radius 3 is 1.82 bits per heavy atom. The summed E-state index contributed by atoms with van der Waals surface area (Å²) in [7, 11) is 0. The van der Waals surface area contributed by atoms with Crippen LogP contribution in [0.1, 0.15) is 246 Å². The maximum Gasteiger partial charge on any atom is 0.306 e. The van der Waals surface area contributed by atoms with E-state index in [-0.39, 0.29) is 40.4 Å². The molecule has 0 saturated heterocycles. The minimum Gasteiger partial charge on any atom is -0.462 e. The van der Waals surface area contributed by atoms with Gasteiger partial charge in [-0.3, -0.25) is 9.59 Å². The van der Waals surface area contributed by atoms with Crippen molar-refractivity contribution >= 4 is 11.9 Å². The molecule has 0 amide bonds. The highest BCUT2D eigenvalue weighted by atomic mass is 16.5. The van der Waals surface area contributed by atoms with Gasteiger partial charge in [-0.1, -0.05) is 184 Å². The molecule has 0 heterocycles. The second kappa shape index (κ2) is 21.9. The van der Waals surface area contributed by atoms with Crippen molar-refractivity contribution in [2.75, 3.05) is 0 Å². The first-order valence-electron chi connectivity index (χ1n) is 30.3. The van der Waals surface area contributed by atoms with Gasteiger partial charge in [0.1, 0.15) is 12.2 Å². The molecule has 5 unspecified atom stereocenters. The first kappa shape index (κ1) is 56.6.